The van der Waals surface area contributed by atoms with E-state index >= 15 is 0 Å². The third kappa shape index (κ3) is 4.08. The maximum Gasteiger partial charge on any atom is 0.240 e. The van der Waals surface area contributed by atoms with Crippen molar-refractivity contribution in [3.63, 3.8) is 0 Å². The van der Waals surface area contributed by atoms with Gasteiger partial charge in [0.15, 0.2) is 0 Å². The van der Waals surface area contributed by atoms with E-state index in [0.29, 0.717) is 17.4 Å². The summed E-state index contributed by atoms with van der Waals surface area (Å²) in [4.78, 5) is 11.1. The number of nitrogens with one attached hydrogen (secondary N) is 1. The summed E-state index contributed by atoms with van der Waals surface area (Å²) in [5, 5.41) is 0. The number of nitrogens with zero attached hydrogens (tertiary/aromatic N) is 3. The second-order valence-corrected chi connectivity index (χ2v) is 7.77. The topological polar surface area (TPSA) is 84.4 Å². The van der Waals surface area contributed by atoms with Gasteiger partial charge in [-0.15, -0.1) is 0 Å². The normalized spacial score (nSPS) is 14.7. The molecule has 0 spiro atoms. The van der Waals surface area contributed by atoms with Gasteiger partial charge in [0.05, 0.1) is 24.2 Å². The molecule has 1 N–H and O–H groups in total. The molecule has 7 nitrogen and oxygen atoms in total. The molecular weight excluding hydrogens is 340 g/mol. The highest BCUT2D eigenvalue weighted by molar-refractivity contribution is 7.89. The number of ether oxygens (including phenoxy) is 1. The summed E-state index contributed by atoms with van der Waals surface area (Å²) in [5.74, 6) is 1.32. The molecule has 0 saturated carbocycles. The van der Waals surface area contributed by atoms with E-state index in [1.807, 2.05) is 6.92 Å². The summed E-state index contributed by atoms with van der Waals surface area (Å²) in [5.41, 5.74) is 1.41. The van der Waals surface area contributed by atoms with E-state index in [0.717, 1.165) is 31.5 Å². The van der Waals surface area contributed by atoms with Crippen LogP contribution in [0.3, 0.4) is 0 Å². The Balaban J connectivity index is 1.72. The second kappa shape index (κ2) is 7.37. The van der Waals surface area contributed by atoms with Crippen LogP contribution in [0.25, 0.3) is 0 Å². The fraction of sp³-hybridized carbons (Fsp3) is 0.412. The number of methoxy groups -OCH3 is 1. The molecule has 0 unspecified atom stereocenters. The van der Waals surface area contributed by atoms with Gasteiger partial charge in [-0.3, -0.25) is 0 Å². The largest absolute Gasteiger partial charge is 0.496 e. The molecule has 0 aliphatic carbocycles. The molecule has 8 heteroatoms. The molecule has 1 saturated heterocycles. The van der Waals surface area contributed by atoms with Crippen LogP contribution in [0, 0.1) is 6.92 Å². The van der Waals surface area contributed by atoms with Crippen molar-refractivity contribution in [2.24, 2.45) is 0 Å². The summed E-state index contributed by atoms with van der Waals surface area (Å²) in [6, 6.07) is 6.50. The Morgan fingerprint density at radius 1 is 1.24 bits per heavy atom. The Bertz CT molecular complexity index is 849. The van der Waals surface area contributed by atoms with Crippen LogP contribution in [0.1, 0.15) is 24.1 Å². The SMILES string of the molecule is COc1ccc(S(=O)(=O)NCc2ccnc(N3CCCC3)n2)cc1C. The Morgan fingerprint density at radius 2 is 2.00 bits per heavy atom. The molecule has 1 aromatic heterocycles. The molecule has 1 fully saturated rings. The van der Waals surface area contributed by atoms with Gasteiger partial charge < -0.3 is 9.64 Å². The number of aryl methyl sites for hydroxylation is 1. The van der Waals surface area contributed by atoms with Crippen LogP contribution in [0.2, 0.25) is 0 Å². The molecule has 134 valence electrons. The van der Waals surface area contributed by atoms with Gasteiger partial charge in [0.2, 0.25) is 16.0 Å². The Kier molecular flexibility index (Phi) is 5.19. The number of hydrogen-bond acceptors (Lipinski definition) is 6. The lowest BCUT2D eigenvalue weighted by Crippen LogP contribution is -2.25. The molecule has 1 aliphatic heterocycles. The number of rotatable bonds is 6. The minimum absolute atomic E-state index is 0.122. The first-order valence-electron chi connectivity index (χ1n) is 8.21. The second-order valence-electron chi connectivity index (χ2n) is 6.00. The zero-order valence-electron chi connectivity index (χ0n) is 14.4. The van der Waals surface area contributed by atoms with Crippen molar-refractivity contribution in [1.29, 1.82) is 0 Å². The van der Waals surface area contributed by atoms with Crippen LogP contribution in [-0.4, -0.2) is 38.6 Å². The van der Waals surface area contributed by atoms with Crippen LogP contribution in [0.15, 0.2) is 35.4 Å². The highest BCUT2D eigenvalue weighted by Gasteiger charge is 2.17. The summed E-state index contributed by atoms with van der Waals surface area (Å²) < 4.78 is 32.7. The predicted octanol–water partition coefficient (Wildman–Crippen LogP) is 1.87. The third-order valence-corrected chi connectivity index (χ3v) is 5.61. The van der Waals surface area contributed by atoms with E-state index in [9.17, 15) is 8.42 Å². The van der Waals surface area contributed by atoms with Crippen molar-refractivity contribution in [2.45, 2.75) is 31.2 Å². The molecule has 1 aliphatic rings. The number of sulfonamides is 1. The highest BCUT2D eigenvalue weighted by atomic mass is 32.2. The smallest absolute Gasteiger partial charge is 0.240 e. The first-order chi connectivity index (χ1) is 12.0. The van der Waals surface area contributed by atoms with Gasteiger partial charge >= 0.3 is 0 Å². The van der Waals surface area contributed by atoms with Gasteiger partial charge in [-0.25, -0.2) is 23.1 Å². The monoisotopic (exact) mass is 362 g/mol. The van der Waals surface area contributed by atoms with E-state index < -0.39 is 10.0 Å². The molecule has 3 rings (SSSR count). The summed E-state index contributed by atoms with van der Waals surface area (Å²) in [6.45, 7) is 3.82. The fourth-order valence-electron chi connectivity index (χ4n) is 2.82. The average molecular weight is 362 g/mol. The van der Waals surface area contributed by atoms with E-state index in [-0.39, 0.29) is 11.4 Å². The zero-order chi connectivity index (χ0) is 17.9. The Labute approximate surface area is 148 Å². The van der Waals surface area contributed by atoms with Crippen molar-refractivity contribution < 1.29 is 13.2 Å². The van der Waals surface area contributed by atoms with Gasteiger partial charge in [0, 0.05) is 19.3 Å². The van der Waals surface area contributed by atoms with Gasteiger partial charge in [-0.1, -0.05) is 0 Å². The van der Waals surface area contributed by atoms with Crippen LogP contribution in [0.4, 0.5) is 5.95 Å². The first kappa shape index (κ1) is 17.6. The van der Waals surface area contributed by atoms with Crippen molar-refractivity contribution in [2.75, 3.05) is 25.1 Å². The van der Waals surface area contributed by atoms with Crippen molar-refractivity contribution in [3.05, 3.63) is 41.7 Å². The van der Waals surface area contributed by atoms with E-state index in [1.54, 1.807) is 31.5 Å². The van der Waals surface area contributed by atoms with Gasteiger partial charge in [0.1, 0.15) is 5.75 Å². The lowest BCUT2D eigenvalue weighted by atomic mass is 10.2. The van der Waals surface area contributed by atoms with Gasteiger partial charge in [0.25, 0.3) is 0 Å². The molecule has 2 heterocycles. The molecule has 0 atom stereocenters. The number of benzene rings is 1. The van der Waals surface area contributed by atoms with Gasteiger partial charge in [-0.2, -0.15) is 0 Å². The molecular formula is C17H22N4O3S. The minimum Gasteiger partial charge on any atom is -0.496 e. The van der Waals surface area contributed by atoms with Crippen molar-refractivity contribution in [1.82, 2.24) is 14.7 Å². The quantitative estimate of drug-likeness (QED) is 0.844. The molecule has 0 bridgehead atoms. The molecule has 1 aromatic carbocycles. The Morgan fingerprint density at radius 3 is 2.68 bits per heavy atom. The van der Waals surface area contributed by atoms with E-state index in [2.05, 4.69) is 19.6 Å². The van der Waals surface area contributed by atoms with Crippen LogP contribution < -0.4 is 14.4 Å². The third-order valence-electron chi connectivity index (χ3n) is 4.21. The zero-order valence-corrected chi connectivity index (χ0v) is 15.2. The maximum atomic E-state index is 12.5. The van der Waals surface area contributed by atoms with Gasteiger partial charge in [-0.05, 0) is 49.6 Å². The average Bonchev–Trinajstić information content (AvgIpc) is 3.15. The number of anilines is 1. The molecule has 0 amide bonds. The molecule has 0 radical (unpaired) electrons. The molecule has 25 heavy (non-hydrogen) atoms. The Hall–Kier alpha value is -2.19. The lowest BCUT2D eigenvalue weighted by Gasteiger charge is -2.15. The highest BCUT2D eigenvalue weighted by Crippen LogP contribution is 2.21. The van der Waals surface area contributed by atoms with Crippen LogP contribution in [-0.2, 0) is 16.6 Å². The number of aromatic nitrogens is 2. The van der Waals surface area contributed by atoms with Crippen LogP contribution in [0.5, 0.6) is 5.75 Å². The fourth-order valence-corrected chi connectivity index (χ4v) is 3.91. The lowest BCUT2D eigenvalue weighted by molar-refractivity contribution is 0.411. The summed E-state index contributed by atoms with van der Waals surface area (Å²) in [7, 11) is -2.06. The number of hydrogen-bond donors (Lipinski definition) is 1. The minimum atomic E-state index is -3.62. The predicted molar refractivity (Wildman–Crippen MR) is 95.2 cm³/mol. The van der Waals surface area contributed by atoms with Crippen molar-refractivity contribution in [3.8, 4) is 5.75 Å². The van der Waals surface area contributed by atoms with Crippen molar-refractivity contribution >= 4 is 16.0 Å². The van der Waals surface area contributed by atoms with E-state index in [4.69, 9.17) is 4.74 Å². The van der Waals surface area contributed by atoms with Crippen LogP contribution >= 0.6 is 0 Å². The maximum absolute atomic E-state index is 12.5. The summed E-state index contributed by atoms with van der Waals surface area (Å²) in [6.07, 6.45) is 3.94. The standard InChI is InChI=1S/C17H22N4O3S/c1-13-11-15(5-6-16(13)24-2)25(22,23)19-12-14-7-8-18-17(20-14)21-9-3-4-10-21/h5-8,11,19H,3-4,9-10,12H2,1-2H3. The summed E-state index contributed by atoms with van der Waals surface area (Å²) >= 11 is 0. The molecule has 2 aromatic rings. The first-order valence-corrected chi connectivity index (χ1v) is 9.69. The van der Waals surface area contributed by atoms with E-state index in [1.165, 1.54) is 6.07 Å².